The number of hydrogen-bond acceptors (Lipinski definition) is 11. The molecule has 1 aliphatic rings. The van der Waals surface area contributed by atoms with E-state index in [0.29, 0.717) is 0 Å². The van der Waals surface area contributed by atoms with Gasteiger partial charge in [0.05, 0.1) is 18.6 Å². The van der Waals surface area contributed by atoms with Gasteiger partial charge in [0.1, 0.15) is 24.4 Å². The number of cyclic esters (lactones) is 2. The molecule has 0 saturated carbocycles. The molecule has 0 aliphatic carbocycles. The zero-order valence-corrected chi connectivity index (χ0v) is 25.6. The first kappa shape index (κ1) is 33.6. The number of nitrogens with one attached hydrogen (secondary N) is 1. The molecule has 1 N–H and O–H groups in total. The maximum atomic E-state index is 13.5. The van der Waals surface area contributed by atoms with Crippen molar-refractivity contribution < 1.29 is 52.0 Å². The van der Waals surface area contributed by atoms with Crippen molar-refractivity contribution in [2.75, 3.05) is 13.7 Å². The predicted octanol–water partition coefficient (Wildman–Crippen LogP) is 3.46. The third kappa shape index (κ3) is 8.23. The van der Waals surface area contributed by atoms with Gasteiger partial charge in [0.15, 0.2) is 23.6 Å². The zero-order chi connectivity index (χ0) is 33.4. The van der Waals surface area contributed by atoms with E-state index in [9.17, 15) is 28.4 Å². The summed E-state index contributed by atoms with van der Waals surface area (Å²) in [6.07, 6.45) is -0.978. The summed E-state index contributed by atoms with van der Waals surface area (Å²) in [6, 6.07) is 13.3. The second kappa shape index (κ2) is 15.1. The fourth-order valence-electron chi connectivity index (χ4n) is 4.57. The quantitative estimate of drug-likeness (QED) is 0.271. The SMILES string of the molecule is COc1ccnc(C(=O)N[C@H]2COC(=O)[C@H](Cc3ccccc3)[C@@H](OC(=O)C(C)C)[C@H](C)OC2=O)c1OC(=O)c1ccc(F)cc1. The topological polar surface area (TPSA) is 156 Å². The number of aromatic nitrogens is 1. The van der Waals surface area contributed by atoms with Gasteiger partial charge < -0.3 is 29.0 Å². The number of ether oxygens (including phenoxy) is 5. The van der Waals surface area contributed by atoms with Crippen molar-refractivity contribution in [2.24, 2.45) is 11.8 Å². The molecule has 2 heterocycles. The van der Waals surface area contributed by atoms with Crippen LogP contribution < -0.4 is 14.8 Å². The molecule has 4 rings (SSSR count). The summed E-state index contributed by atoms with van der Waals surface area (Å²) in [4.78, 5) is 69.6. The first-order valence-corrected chi connectivity index (χ1v) is 14.4. The van der Waals surface area contributed by atoms with Crippen LogP contribution in [0.5, 0.6) is 11.5 Å². The van der Waals surface area contributed by atoms with Crippen molar-refractivity contribution in [1.29, 1.82) is 0 Å². The van der Waals surface area contributed by atoms with E-state index in [1.807, 2.05) is 6.07 Å². The Morgan fingerprint density at radius 3 is 2.37 bits per heavy atom. The first-order valence-electron chi connectivity index (χ1n) is 14.4. The van der Waals surface area contributed by atoms with Gasteiger partial charge in [0, 0.05) is 12.3 Å². The van der Waals surface area contributed by atoms with Gasteiger partial charge in [-0.05, 0) is 43.2 Å². The van der Waals surface area contributed by atoms with Crippen LogP contribution in [0.2, 0.25) is 0 Å². The number of amides is 1. The van der Waals surface area contributed by atoms with Gasteiger partial charge in [-0.2, -0.15) is 0 Å². The number of hydrogen-bond donors (Lipinski definition) is 1. The summed E-state index contributed by atoms with van der Waals surface area (Å²) in [7, 11) is 1.27. The van der Waals surface area contributed by atoms with Crippen LogP contribution in [-0.2, 0) is 35.0 Å². The number of esters is 4. The van der Waals surface area contributed by atoms with Crippen LogP contribution in [0.15, 0.2) is 66.9 Å². The third-order valence-electron chi connectivity index (χ3n) is 7.05. The minimum Gasteiger partial charge on any atom is -0.493 e. The van der Waals surface area contributed by atoms with Gasteiger partial charge in [-0.15, -0.1) is 0 Å². The molecule has 1 fully saturated rings. The summed E-state index contributed by atoms with van der Waals surface area (Å²) < 4.78 is 40.8. The van der Waals surface area contributed by atoms with E-state index in [4.69, 9.17) is 23.7 Å². The molecule has 13 heteroatoms. The van der Waals surface area contributed by atoms with E-state index >= 15 is 0 Å². The Morgan fingerprint density at radius 1 is 1.02 bits per heavy atom. The Hall–Kier alpha value is -5.33. The van der Waals surface area contributed by atoms with Gasteiger partial charge in [0.2, 0.25) is 5.75 Å². The van der Waals surface area contributed by atoms with E-state index < -0.39 is 78.0 Å². The lowest BCUT2D eigenvalue weighted by Crippen LogP contribution is -2.47. The molecule has 1 amide bonds. The molecule has 242 valence electrons. The lowest BCUT2D eigenvalue weighted by atomic mass is 9.91. The molecule has 0 bridgehead atoms. The number of pyridine rings is 1. The van der Waals surface area contributed by atoms with Crippen molar-refractivity contribution >= 4 is 29.8 Å². The molecule has 4 atom stereocenters. The van der Waals surface area contributed by atoms with Crippen LogP contribution in [-0.4, -0.2) is 66.7 Å². The van der Waals surface area contributed by atoms with Gasteiger partial charge in [-0.1, -0.05) is 44.2 Å². The molecule has 1 saturated heterocycles. The second-order valence-corrected chi connectivity index (χ2v) is 10.7. The highest BCUT2D eigenvalue weighted by molar-refractivity contribution is 6.00. The van der Waals surface area contributed by atoms with Crippen molar-refractivity contribution in [3.05, 3.63) is 89.5 Å². The maximum absolute atomic E-state index is 13.5. The second-order valence-electron chi connectivity index (χ2n) is 10.7. The highest BCUT2D eigenvalue weighted by Crippen LogP contribution is 2.31. The Bertz CT molecular complexity index is 1580. The standard InChI is InChI=1S/C33H33FN2O10/c1-18(2)30(38)45-27-19(3)44-33(41)24(17-43-32(40)23(27)16-20-8-6-5-7-9-20)36-29(37)26-28(25(42-4)14-15-35-26)46-31(39)21-10-12-22(34)13-11-21/h5-15,18-19,23-24,27H,16-17H2,1-4H3,(H,36,37)/t19-,23+,24-,27-/m0/s1. The van der Waals surface area contributed by atoms with Crippen LogP contribution >= 0.6 is 0 Å². The molecule has 0 unspecified atom stereocenters. The maximum Gasteiger partial charge on any atom is 0.343 e. The minimum absolute atomic E-state index is 0.0165. The summed E-state index contributed by atoms with van der Waals surface area (Å²) in [6.45, 7) is 4.10. The molecule has 3 aromatic rings. The monoisotopic (exact) mass is 636 g/mol. The van der Waals surface area contributed by atoms with E-state index in [1.165, 1.54) is 38.4 Å². The Morgan fingerprint density at radius 2 is 1.72 bits per heavy atom. The Balaban J connectivity index is 1.59. The highest BCUT2D eigenvalue weighted by atomic mass is 19.1. The predicted molar refractivity (Wildman–Crippen MR) is 158 cm³/mol. The van der Waals surface area contributed by atoms with Crippen molar-refractivity contribution in [2.45, 2.75) is 45.4 Å². The summed E-state index contributed by atoms with van der Waals surface area (Å²) in [5.41, 5.74) is 0.300. The van der Waals surface area contributed by atoms with Crippen LogP contribution in [0.25, 0.3) is 0 Å². The summed E-state index contributed by atoms with van der Waals surface area (Å²) in [5, 5.41) is 2.41. The molecule has 0 spiro atoms. The molecule has 12 nitrogen and oxygen atoms in total. The molecular formula is C33H33FN2O10. The van der Waals surface area contributed by atoms with Crippen LogP contribution in [0.1, 0.15) is 47.2 Å². The largest absolute Gasteiger partial charge is 0.493 e. The number of methoxy groups -OCH3 is 1. The number of nitrogens with zero attached hydrogens (tertiary/aromatic N) is 1. The number of rotatable bonds is 9. The zero-order valence-electron chi connectivity index (χ0n) is 25.6. The average molecular weight is 637 g/mol. The average Bonchev–Trinajstić information content (AvgIpc) is 3.07. The molecule has 1 aromatic heterocycles. The fourth-order valence-corrected chi connectivity index (χ4v) is 4.57. The van der Waals surface area contributed by atoms with Crippen LogP contribution in [0, 0.1) is 17.7 Å². The lowest BCUT2D eigenvalue weighted by Gasteiger charge is -2.29. The molecule has 2 aromatic carbocycles. The third-order valence-corrected chi connectivity index (χ3v) is 7.05. The molecule has 0 radical (unpaired) electrons. The van der Waals surface area contributed by atoms with Crippen LogP contribution in [0.4, 0.5) is 4.39 Å². The van der Waals surface area contributed by atoms with Gasteiger partial charge >= 0.3 is 23.9 Å². The Kier molecular flexibility index (Phi) is 11.0. The number of benzene rings is 2. The number of halogens is 1. The Labute approximate surface area is 264 Å². The summed E-state index contributed by atoms with van der Waals surface area (Å²) >= 11 is 0. The van der Waals surface area contributed by atoms with Crippen molar-refractivity contribution in [3.63, 3.8) is 0 Å². The van der Waals surface area contributed by atoms with Crippen LogP contribution in [0.3, 0.4) is 0 Å². The van der Waals surface area contributed by atoms with Gasteiger partial charge in [-0.3, -0.25) is 14.4 Å². The normalized spacial score (nSPS) is 19.9. The van der Waals surface area contributed by atoms with Crippen molar-refractivity contribution in [3.8, 4) is 11.5 Å². The molecule has 1 aliphatic heterocycles. The number of carbonyl (C=O) groups excluding carboxylic acids is 5. The van der Waals surface area contributed by atoms with Crippen molar-refractivity contribution in [1.82, 2.24) is 10.3 Å². The smallest absolute Gasteiger partial charge is 0.343 e. The highest BCUT2D eigenvalue weighted by Gasteiger charge is 2.42. The first-order chi connectivity index (χ1) is 22.0. The molecule has 46 heavy (non-hydrogen) atoms. The van der Waals surface area contributed by atoms with E-state index in [1.54, 1.807) is 38.1 Å². The molecular weight excluding hydrogens is 603 g/mol. The fraction of sp³-hybridized carbons (Fsp3) is 0.333. The van der Waals surface area contributed by atoms with Gasteiger partial charge in [-0.25, -0.2) is 19.0 Å². The lowest BCUT2D eigenvalue weighted by molar-refractivity contribution is -0.176. The van der Waals surface area contributed by atoms with Gasteiger partial charge in [0.25, 0.3) is 5.91 Å². The van der Waals surface area contributed by atoms with E-state index in [-0.39, 0.29) is 23.5 Å². The number of carbonyl (C=O) groups is 5. The minimum atomic E-state index is -1.52. The summed E-state index contributed by atoms with van der Waals surface area (Å²) in [5.74, 6) is -6.83. The van der Waals surface area contributed by atoms with E-state index in [0.717, 1.165) is 17.7 Å². The van der Waals surface area contributed by atoms with E-state index in [2.05, 4.69) is 10.3 Å².